The van der Waals surface area contributed by atoms with Crippen molar-refractivity contribution in [3.63, 3.8) is 0 Å². The maximum absolute atomic E-state index is 12.9. The number of pyridine rings is 1. The van der Waals surface area contributed by atoms with Crippen molar-refractivity contribution in [2.75, 3.05) is 12.4 Å². The molecule has 1 aromatic carbocycles. The molecule has 0 aliphatic heterocycles. The first-order valence-electron chi connectivity index (χ1n) is 14.8. The quantitative estimate of drug-likeness (QED) is 0.328. The third kappa shape index (κ3) is 10.9. The van der Waals surface area contributed by atoms with Crippen molar-refractivity contribution >= 4 is 28.5 Å². The Morgan fingerprint density at radius 3 is 2.00 bits per heavy atom. The van der Waals surface area contributed by atoms with Crippen LogP contribution in [0, 0.1) is 13.8 Å². The fraction of sp³-hybridized carbons (Fsp3) is 0.545. The zero-order valence-corrected chi connectivity index (χ0v) is 26.8. The first kappa shape index (κ1) is 35.9. The van der Waals surface area contributed by atoms with Crippen LogP contribution in [0.3, 0.4) is 0 Å². The molecule has 0 radical (unpaired) electrons. The average Bonchev–Trinajstić information content (AvgIpc) is 3.65. The van der Waals surface area contributed by atoms with Crippen LogP contribution in [-0.2, 0) is 11.8 Å². The largest absolute Gasteiger partial charge is 0.501 e. The second-order valence-corrected chi connectivity index (χ2v) is 8.70. The first-order chi connectivity index (χ1) is 18.8. The number of methoxy groups -OCH3 is 1. The van der Waals surface area contributed by atoms with E-state index < -0.39 is 0 Å². The highest BCUT2D eigenvalue weighted by Crippen LogP contribution is 2.23. The number of carbonyl (C=O) groups excluding carboxylic acids is 1. The molecule has 0 atom stereocenters. The Morgan fingerprint density at radius 2 is 1.49 bits per heavy atom. The van der Waals surface area contributed by atoms with Crippen LogP contribution in [0.25, 0.3) is 16.6 Å². The topological polar surface area (TPSA) is 69.0 Å². The van der Waals surface area contributed by atoms with Crippen LogP contribution < -0.4 is 5.32 Å². The molecular weight excluding hydrogens is 484 g/mol. The summed E-state index contributed by atoms with van der Waals surface area (Å²) in [6.07, 6.45) is 8.26. The van der Waals surface area contributed by atoms with E-state index in [0.29, 0.717) is 11.5 Å². The zero-order chi connectivity index (χ0) is 30.0. The predicted octanol–water partition coefficient (Wildman–Crippen LogP) is 9.65. The predicted molar refractivity (Wildman–Crippen MR) is 169 cm³/mol. The number of aryl methyl sites for hydroxylation is 3. The molecule has 1 N–H and O–H groups in total. The standard InChI is InChI=1S/C22H26N4O2.C5H10.3C2H6/c1-7-20(28-6)15(4)18-12-16(11-14(3)23-18)21(27)25-22-24-17-9-8-13(2)10-19(17)26(22)5;1-2-4-5-3-1;3*1-2/h8-12H,7H2,1-6H3,(H,24,25,27);1-5H2;3*1-2H3/b20-15-;;;;. The third-order valence-electron chi connectivity index (χ3n) is 6.10. The molecule has 218 valence electrons. The number of hydrogen-bond acceptors (Lipinski definition) is 4. The summed E-state index contributed by atoms with van der Waals surface area (Å²) in [5.74, 6) is 1.15. The highest BCUT2D eigenvalue weighted by Gasteiger charge is 2.15. The molecule has 4 rings (SSSR count). The second kappa shape index (κ2) is 19.9. The van der Waals surface area contributed by atoms with Crippen molar-refractivity contribution in [3.8, 4) is 0 Å². The van der Waals surface area contributed by atoms with Gasteiger partial charge in [-0.15, -0.1) is 0 Å². The summed E-state index contributed by atoms with van der Waals surface area (Å²) in [7, 11) is 3.55. The van der Waals surface area contributed by atoms with E-state index in [-0.39, 0.29) is 5.91 Å². The minimum Gasteiger partial charge on any atom is -0.501 e. The van der Waals surface area contributed by atoms with Crippen molar-refractivity contribution in [3.05, 3.63) is 58.6 Å². The van der Waals surface area contributed by atoms with Crippen LogP contribution in [0.5, 0.6) is 0 Å². The Morgan fingerprint density at radius 1 is 0.923 bits per heavy atom. The molecule has 6 heteroatoms. The molecule has 2 aromatic heterocycles. The Labute approximate surface area is 238 Å². The number of carbonyl (C=O) groups is 1. The Hall–Kier alpha value is -3.15. The maximum atomic E-state index is 12.9. The van der Waals surface area contributed by atoms with Gasteiger partial charge in [0.15, 0.2) is 0 Å². The highest BCUT2D eigenvalue weighted by molar-refractivity contribution is 6.04. The van der Waals surface area contributed by atoms with Crippen LogP contribution in [0.4, 0.5) is 5.95 Å². The SMILES string of the molecule is C1CCCC1.CC.CC.CC.CC/C(OC)=C(\C)c1cc(C(=O)Nc2nc3ccc(C)cc3n2C)cc(C)n1. The highest BCUT2D eigenvalue weighted by atomic mass is 16.5. The summed E-state index contributed by atoms with van der Waals surface area (Å²) >= 11 is 0. The van der Waals surface area contributed by atoms with Crippen molar-refractivity contribution < 1.29 is 9.53 Å². The monoisotopic (exact) mass is 538 g/mol. The summed E-state index contributed by atoms with van der Waals surface area (Å²) in [6, 6.07) is 9.59. The molecule has 39 heavy (non-hydrogen) atoms. The number of aromatic nitrogens is 3. The van der Waals surface area contributed by atoms with Crippen LogP contribution in [-0.4, -0.2) is 27.6 Å². The number of fused-ring (bicyclic) bond motifs is 1. The van der Waals surface area contributed by atoms with Gasteiger partial charge in [0.05, 0.1) is 23.8 Å². The zero-order valence-electron chi connectivity index (χ0n) is 26.8. The lowest BCUT2D eigenvalue weighted by molar-refractivity contribution is 0.102. The molecule has 2 heterocycles. The van der Waals surface area contributed by atoms with E-state index in [0.717, 1.165) is 45.7 Å². The average molecular weight is 539 g/mol. The lowest BCUT2D eigenvalue weighted by atomic mass is 10.1. The number of allylic oxidation sites excluding steroid dienone is 2. The number of amides is 1. The van der Waals surface area contributed by atoms with E-state index in [1.165, 1.54) is 32.1 Å². The van der Waals surface area contributed by atoms with E-state index in [2.05, 4.69) is 21.4 Å². The van der Waals surface area contributed by atoms with Gasteiger partial charge in [-0.05, 0) is 50.6 Å². The van der Waals surface area contributed by atoms with Gasteiger partial charge >= 0.3 is 0 Å². The van der Waals surface area contributed by atoms with Gasteiger partial charge in [-0.1, -0.05) is 86.6 Å². The number of benzene rings is 1. The molecule has 0 spiro atoms. The van der Waals surface area contributed by atoms with Crippen LogP contribution in [0.1, 0.15) is 121 Å². The maximum Gasteiger partial charge on any atom is 0.258 e. The minimum atomic E-state index is -0.217. The molecule has 0 saturated heterocycles. The van der Waals surface area contributed by atoms with Gasteiger partial charge in [-0.3, -0.25) is 15.1 Å². The number of hydrogen-bond donors (Lipinski definition) is 1. The van der Waals surface area contributed by atoms with Gasteiger partial charge in [0.25, 0.3) is 5.91 Å². The minimum absolute atomic E-state index is 0.217. The number of nitrogens with zero attached hydrogens (tertiary/aromatic N) is 3. The molecule has 1 saturated carbocycles. The summed E-state index contributed by atoms with van der Waals surface area (Å²) < 4.78 is 7.33. The van der Waals surface area contributed by atoms with Gasteiger partial charge in [-0.2, -0.15) is 0 Å². The van der Waals surface area contributed by atoms with Crippen LogP contribution in [0.15, 0.2) is 36.1 Å². The molecule has 1 aliphatic rings. The Kier molecular flexibility index (Phi) is 18.2. The molecule has 0 unspecified atom stereocenters. The molecule has 1 fully saturated rings. The van der Waals surface area contributed by atoms with Crippen LogP contribution >= 0.6 is 0 Å². The van der Waals surface area contributed by atoms with Crippen molar-refractivity contribution in [1.82, 2.24) is 14.5 Å². The van der Waals surface area contributed by atoms with Crippen LogP contribution in [0.2, 0.25) is 0 Å². The molecule has 0 bridgehead atoms. The normalized spacial score (nSPS) is 12.2. The molecule has 1 aliphatic carbocycles. The fourth-order valence-corrected chi connectivity index (χ4v) is 4.17. The molecule has 6 nitrogen and oxygen atoms in total. The van der Waals surface area contributed by atoms with Crippen molar-refractivity contribution in [2.24, 2.45) is 7.05 Å². The molecular formula is C33H54N4O2. The Bertz CT molecular complexity index is 1140. The summed E-state index contributed by atoms with van der Waals surface area (Å²) in [5, 5.41) is 2.92. The number of anilines is 1. The number of ether oxygens (including phenoxy) is 1. The smallest absolute Gasteiger partial charge is 0.258 e. The summed E-state index contributed by atoms with van der Waals surface area (Å²) in [4.78, 5) is 22.0. The lowest BCUT2D eigenvalue weighted by Gasteiger charge is -2.11. The third-order valence-corrected chi connectivity index (χ3v) is 6.10. The number of nitrogens with one attached hydrogen (secondary N) is 1. The fourth-order valence-electron chi connectivity index (χ4n) is 4.17. The van der Waals surface area contributed by atoms with Gasteiger partial charge in [0, 0.05) is 30.3 Å². The first-order valence-corrected chi connectivity index (χ1v) is 14.8. The van der Waals surface area contributed by atoms with E-state index in [1.807, 2.05) is 93.0 Å². The molecule has 3 aromatic rings. The summed E-state index contributed by atoms with van der Waals surface area (Å²) in [6.45, 7) is 19.9. The van der Waals surface area contributed by atoms with Gasteiger partial charge in [0.2, 0.25) is 5.95 Å². The van der Waals surface area contributed by atoms with Crippen molar-refractivity contribution in [2.45, 2.75) is 108 Å². The van der Waals surface area contributed by atoms with E-state index in [9.17, 15) is 4.79 Å². The van der Waals surface area contributed by atoms with Gasteiger partial charge in [0.1, 0.15) is 5.76 Å². The lowest BCUT2D eigenvalue weighted by Crippen LogP contribution is -2.16. The number of rotatable bonds is 5. The Balaban J connectivity index is 0.00000112. The van der Waals surface area contributed by atoms with Crippen molar-refractivity contribution in [1.29, 1.82) is 0 Å². The van der Waals surface area contributed by atoms with E-state index in [4.69, 9.17) is 4.74 Å². The number of imidazole rings is 1. The summed E-state index contributed by atoms with van der Waals surface area (Å²) in [5.41, 5.74) is 5.96. The van der Waals surface area contributed by atoms with Gasteiger partial charge in [-0.25, -0.2) is 4.98 Å². The van der Waals surface area contributed by atoms with E-state index >= 15 is 0 Å². The molecule has 1 amide bonds. The van der Waals surface area contributed by atoms with E-state index in [1.54, 1.807) is 19.2 Å². The van der Waals surface area contributed by atoms with Gasteiger partial charge < -0.3 is 9.30 Å². The second-order valence-electron chi connectivity index (χ2n) is 8.70.